The molecule has 1 fully saturated rings. The Labute approximate surface area is 195 Å². The Morgan fingerprint density at radius 1 is 1.17 bits per heavy atom. The lowest BCUT2D eigenvalue weighted by Gasteiger charge is -2.33. The Bertz CT molecular complexity index is 583. The number of aliphatic imine (C=N–C) groups is 1. The summed E-state index contributed by atoms with van der Waals surface area (Å²) in [6.07, 6.45) is 2.62. The molecule has 0 spiro atoms. The number of hydrogen-bond acceptors (Lipinski definition) is 3. The summed E-state index contributed by atoms with van der Waals surface area (Å²) in [5.41, 5.74) is 2.65. The van der Waals surface area contributed by atoms with Crippen molar-refractivity contribution < 1.29 is 4.74 Å². The summed E-state index contributed by atoms with van der Waals surface area (Å²) < 4.78 is 5.68. The number of guanidine groups is 1. The summed E-state index contributed by atoms with van der Waals surface area (Å²) in [7, 11) is 0. The van der Waals surface area contributed by atoms with Gasteiger partial charge in [-0.25, -0.2) is 0 Å². The second kappa shape index (κ2) is 14.2. The molecule has 1 aromatic carbocycles. The Balaban J connectivity index is 0.00000420. The molecule has 0 aliphatic carbocycles. The van der Waals surface area contributed by atoms with Gasteiger partial charge in [-0.05, 0) is 46.1 Å². The largest absolute Gasteiger partial charge is 0.377 e. The summed E-state index contributed by atoms with van der Waals surface area (Å²) in [5, 5.41) is 7.06. The van der Waals surface area contributed by atoms with Crippen LogP contribution in [0.15, 0.2) is 29.3 Å². The SMILES string of the molecule is CCNC(=NCC(C)c1ccc(C)cc1)NC1CCN(CCOC(C)C)CC1.I. The first-order chi connectivity index (χ1) is 13.5. The van der Waals surface area contributed by atoms with E-state index >= 15 is 0 Å². The van der Waals surface area contributed by atoms with Crippen LogP contribution in [0.25, 0.3) is 0 Å². The fraction of sp³-hybridized carbons (Fsp3) is 0.696. The number of piperidine rings is 1. The normalized spacial score (nSPS) is 17.1. The van der Waals surface area contributed by atoms with Crippen LogP contribution in [0.3, 0.4) is 0 Å². The lowest BCUT2D eigenvalue weighted by atomic mass is 10.0. The third kappa shape index (κ3) is 10.1. The number of nitrogens with zero attached hydrogens (tertiary/aromatic N) is 2. The number of ether oxygens (including phenoxy) is 1. The Morgan fingerprint density at radius 3 is 2.41 bits per heavy atom. The van der Waals surface area contributed by atoms with Crippen molar-refractivity contribution in [1.82, 2.24) is 15.5 Å². The zero-order valence-corrected chi connectivity index (χ0v) is 21.2. The number of halogens is 1. The summed E-state index contributed by atoms with van der Waals surface area (Å²) in [6, 6.07) is 9.29. The van der Waals surface area contributed by atoms with Crippen LogP contribution in [0.4, 0.5) is 0 Å². The maximum atomic E-state index is 5.68. The summed E-state index contributed by atoms with van der Waals surface area (Å²) >= 11 is 0. The van der Waals surface area contributed by atoms with Crippen LogP contribution < -0.4 is 10.6 Å². The fourth-order valence-electron chi connectivity index (χ4n) is 3.46. The van der Waals surface area contributed by atoms with Gasteiger partial charge in [0.15, 0.2) is 5.96 Å². The lowest BCUT2D eigenvalue weighted by Crippen LogP contribution is -2.49. The molecule has 1 aromatic rings. The molecule has 0 radical (unpaired) electrons. The van der Waals surface area contributed by atoms with Gasteiger partial charge in [0.2, 0.25) is 0 Å². The molecule has 2 rings (SSSR count). The number of benzene rings is 1. The van der Waals surface area contributed by atoms with E-state index in [1.165, 1.54) is 11.1 Å². The van der Waals surface area contributed by atoms with E-state index in [2.05, 4.69) is 74.4 Å². The molecule has 0 aromatic heterocycles. The van der Waals surface area contributed by atoms with Crippen LogP contribution in [0.5, 0.6) is 0 Å². The van der Waals surface area contributed by atoms with Crippen molar-refractivity contribution in [3.8, 4) is 0 Å². The second-order valence-corrected chi connectivity index (χ2v) is 8.21. The Kier molecular flexibility index (Phi) is 12.8. The average Bonchev–Trinajstić information content (AvgIpc) is 2.67. The van der Waals surface area contributed by atoms with Gasteiger partial charge in [-0.15, -0.1) is 24.0 Å². The van der Waals surface area contributed by atoms with Crippen molar-refractivity contribution in [2.45, 2.75) is 65.5 Å². The Morgan fingerprint density at radius 2 is 1.83 bits per heavy atom. The zero-order chi connectivity index (χ0) is 20.4. The first-order valence-electron chi connectivity index (χ1n) is 10.9. The topological polar surface area (TPSA) is 48.9 Å². The highest BCUT2D eigenvalue weighted by Crippen LogP contribution is 2.16. The van der Waals surface area contributed by atoms with Gasteiger partial charge in [-0.1, -0.05) is 36.8 Å². The first-order valence-corrected chi connectivity index (χ1v) is 10.9. The van der Waals surface area contributed by atoms with Crippen LogP contribution in [0.1, 0.15) is 57.6 Å². The molecule has 0 amide bonds. The minimum atomic E-state index is 0. The van der Waals surface area contributed by atoms with Gasteiger partial charge in [0, 0.05) is 44.7 Å². The summed E-state index contributed by atoms with van der Waals surface area (Å²) in [5.74, 6) is 1.36. The van der Waals surface area contributed by atoms with Gasteiger partial charge in [0.25, 0.3) is 0 Å². The molecule has 1 saturated heterocycles. The molecule has 0 bridgehead atoms. The minimum Gasteiger partial charge on any atom is -0.377 e. The van der Waals surface area contributed by atoms with Crippen LogP contribution in [-0.2, 0) is 4.74 Å². The highest BCUT2D eigenvalue weighted by Gasteiger charge is 2.20. The smallest absolute Gasteiger partial charge is 0.191 e. The number of likely N-dealkylation sites (tertiary alicyclic amines) is 1. The Hall–Kier alpha value is -0.860. The molecule has 1 heterocycles. The number of rotatable bonds is 9. The van der Waals surface area contributed by atoms with Gasteiger partial charge in [0.1, 0.15) is 0 Å². The standard InChI is InChI=1S/C23H40N4O.HI/c1-6-24-23(25-17-20(5)21-9-7-19(4)8-10-21)26-22-11-13-27(14-12-22)15-16-28-18(2)3;/h7-10,18,20,22H,6,11-17H2,1-5H3,(H2,24,25,26);1H. The summed E-state index contributed by atoms with van der Waals surface area (Å²) in [4.78, 5) is 7.36. The average molecular weight is 517 g/mol. The monoisotopic (exact) mass is 516 g/mol. The van der Waals surface area contributed by atoms with E-state index in [9.17, 15) is 0 Å². The highest BCUT2D eigenvalue weighted by molar-refractivity contribution is 14.0. The second-order valence-electron chi connectivity index (χ2n) is 8.21. The van der Waals surface area contributed by atoms with Crippen LogP contribution >= 0.6 is 24.0 Å². The van der Waals surface area contributed by atoms with Crippen molar-refractivity contribution >= 4 is 29.9 Å². The molecule has 1 aliphatic rings. The third-order valence-electron chi connectivity index (χ3n) is 5.30. The third-order valence-corrected chi connectivity index (χ3v) is 5.30. The maximum Gasteiger partial charge on any atom is 0.191 e. The van der Waals surface area contributed by atoms with E-state index in [-0.39, 0.29) is 24.0 Å². The van der Waals surface area contributed by atoms with Crippen molar-refractivity contribution in [3.05, 3.63) is 35.4 Å². The predicted octanol–water partition coefficient (Wildman–Crippen LogP) is 4.16. The van der Waals surface area contributed by atoms with Crippen molar-refractivity contribution in [1.29, 1.82) is 0 Å². The molecule has 1 unspecified atom stereocenters. The maximum absolute atomic E-state index is 5.68. The molecule has 6 heteroatoms. The molecule has 0 saturated carbocycles. The lowest BCUT2D eigenvalue weighted by molar-refractivity contribution is 0.0532. The van der Waals surface area contributed by atoms with Gasteiger partial charge >= 0.3 is 0 Å². The van der Waals surface area contributed by atoms with E-state index in [4.69, 9.17) is 9.73 Å². The number of hydrogen-bond donors (Lipinski definition) is 2. The van der Waals surface area contributed by atoms with E-state index in [0.29, 0.717) is 18.1 Å². The van der Waals surface area contributed by atoms with Crippen LogP contribution in [0.2, 0.25) is 0 Å². The molecular weight excluding hydrogens is 475 g/mol. The van der Waals surface area contributed by atoms with Gasteiger partial charge < -0.3 is 20.3 Å². The van der Waals surface area contributed by atoms with Gasteiger partial charge in [-0.3, -0.25) is 4.99 Å². The predicted molar refractivity (Wildman–Crippen MR) is 135 cm³/mol. The zero-order valence-electron chi connectivity index (χ0n) is 18.9. The van der Waals surface area contributed by atoms with E-state index in [0.717, 1.165) is 58.1 Å². The quantitative estimate of drug-likeness (QED) is 0.294. The number of nitrogens with one attached hydrogen (secondary N) is 2. The van der Waals surface area contributed by atoms with Gasteiger partial charge in [0.05, 0.1) is 12.7 Å². The molecule has 166 valence electrons. The van der Waals surface area contributed by atoms with Crippen molar-refractivity contribution in [2.24, 2.45) is 4.99 Å². The van der Waals surface area contributed by atoms with Crippen LogP contribution in [0, 0.1) is 6.92 Å². The van der Waals surface area contributed by atoms with E-state index < -0.39 is 0 Å². The van der Waals surface area contributed by atoms with Crippen LogP contribution in [-0.4, -0.2) is 62.3 Å². The molecule has 29 heavy (non-hydrogen) atoms. The van der Waals surface area contributed by atoms with Gasteiger partial charge in [-0.2, -0.15) is 0 Å². The molecule has 2 N–H and O–H groups in total. The highest BCUT2D eigenvalue weighted by atomic mass is 127. The molecule has 5 nitrogen and oxygen atoms in total. The first kappa shape index (κ1) is 26.2. The van der Waals surface area contributed by atoms with Crippen molar-refractivity contribution in [2.75, 3.05) is 39.3 Å². The fourth-order valence-corrected chi connectivity index (χ4v) is 3.46. The van der Waals surface area contributed by atoms with Crippen molar-refractivity contribution in [3.63, 3.8) is 0 Å². The number of aryl methyl sites for hydroxylation is 1. The molecule has 1 aliphatic heterocycles. The summed E-state index contributed by atoms with van der Waals surface area (Å²) in [6.45, 7) is 16.5. The molecular formula is C23H41IN4O. The minimum absolute atomic E-state index is 0. The molecule has 1 atom stereocenters. The van der Waals surface area contributed by atoms with E-state index in [1.54, 1.807) is 0 Å². The van der Waals surface area contributed by atoms with E-state index in [1.807, 2.05) is 0 Å².